The number of amides is 1. The van der Waals surface area contributed by atoms with E-state index in [9.17, 15) is 4.79 Å². The molecule has 0 unspecified atom stereocenters. The van der Waals surface area contributed by atoms with Crippen molar-refractivity contribution in [1.29, 1.82) is 0 Å². The summed E-state index contributed by atoms with van der Waals surface area (Å²) in [7, 11) is 0. The summed E-state index contributed by atoms with van der Waals surface area (Å²) in [5, 5.41) is 3.61. The predicted octanol–water partition coefficient (Wildman–Crippen LogP) is 2.41. The average Bonchev–Trinajstić information content (AvgIpc) is 2.25. The highest BCUT2D eigenvalue weighted by Gasteiger charge is 2.12. The summed E-state index contributed by atoms with van der Waals surface area (Å²) in [4.78, 5) is 10.8. The van der Waals surface area contributed by atoms with Gasteiger partial charge in [0.2, 0.25) is 5.91 Å². The van der Waals surface area contributed by atoms with Crippen molar-refractivity contribution in [2.75, 3.05) is 18.2 Å². The van der Waals surface area contributed by atoms with Gasteiger partial charge in [-0.15, -0.1) is 11.6 Å². The van der Waals surface area contributed by atoms with Crippen molar-refractivity contribution in [1.82, 2.24) is 5.32 Å². The monoisotopic (exact) mass is 235 g/mol. The number of hydrogen-bond donors (Lipinski definition) is 1. The number of nitrogens with one attached hydrogen (secondary N) is 1. The SMILES string of the molecule is O=C(CCl)NCCSC1CCCCC1. The van der Waals surface area contributed by atoms with E-state index in [2.05, 4.69) is 5.32 Å². The molecule has 0 aliphatic heterocycles. The second kappa shape index (κ2) is 7.41. The van der Waals surface area contributed by atoms with Crippen molar-refractivity contribution in [2.24, 2.45) is 0 Å². The average molecular weight is 236 g/mol. The van der Waals surface area contributed by atoms with Gasteiger partial charge < -0.3 is 5.32 Å². The molecular formula is C10H18ClNOS. The van der Waals surface area contributed by atoms with E-state index in [1.54, 1.807) is 0 Å². The molecule has 0 spiro atoms. The molecule has 0 aromatic heterocycles. The lowest BCUT2D eigenvalue weighted by Crippen LogP contribution is -2.27. The minimum absolute atomic E-state index is 0.0593. The maximum absolute atomic E-state index is 10.8. The first-order valence-electron chi connectivity index (χ1n) is 5.27. The summed E-state index contributed by atoms with van der Waals surface area (Å²) in [6.45, 7) is 0.757. The fraction of sp³-hybridized carbons (Fsp3) is 0.900. The molecule has 1 aliphatic carbocycles. The van der Waals surface area contributed by atoms with Gasteiger partial charge in [-0.05, 0) is 12.8 Å². The molecule has 1 fully saturated rings. The predicted molar refractivity (Wildman–Crippen MR) is 63.1 cm³/mol. The fourth-order valence-electron chi connectivity index (χ4n) is 1.70. The quantitative estimate of drug-likeness (QED) is 0.586. The molecule has 0 aromatic rings. The zero-order valence-corrected chi connectivity index (χ0v) is 10.0. The Labute approximate surface area is 95.2 Å². The van der Waals surface area contributed by atoms with Crippen molar-refractivity contribution in [3.63, 3.8) is 0 Å². The second-order valence-electron chi connectivity index (χ2n) is 3.61. The highest BCUT2D eigenvalue weighted by atomic mass is 35.5. The number of thioether (sulfide) groups is 1. The first-order chi connectivity index (χ1) is 6.83. The highest BCUT2D eigenvalue weighted by Crippen LogP contribution is 2.27. The molecule has 1 saturated carbocycles. The van der Waals surface area contributed by atoms with E-state index in [1.165, 1.54) is 32.1 Å². The first kappa shape index (κ1) is 12.2. The van der Waals surface area contributed by atoms with Crippen molar-refractivity contribution < 1.29 is 4.79 Å². The van der Waals surface area contributed by atoms with Crippen LogP contribution in [-0.4, -0.2) is 29.3 Å². The molecule has 0 aromatic carbocycles. The van der Waals surface area contributed by atoms with Crippen LogP contribution >= 0.6 is 23.4 Å². The number of alkyl halides is 1. The standard InChI is InChI=1S/C10H18ClNOS/c11-8-10(13)12-6-7-14-9-4-2-1-3-5-9/h9H,1-8H2,(H,12,13). The lowest BCUT2D eigenvalue weighted by Gasteiger charge is -2.20. The van der Waals surface area contributed by atoms with Gasteiger partial charge in [0.15, 0.2) is 0 Å². The van der Waals surface area contributed by atoms with Gasteiger partial charge in [0.05, 0.1) is 0 Å². The minimum Gasteiger partial charge on any atom is -0.354 e. The van der Waals surface area contributed by atoms with Crippen LogP contribution in [-0.2, 0) is 4.79 Å². The number of hydrogen-bond acceptors (Lipinski definition) is 2. The van der Waals surface area contributed by atoms with Gasteiger partial charge in [-0.1, -0.05) is 19.3 Å². The number of carbonyl (C=O) groups is 1. The molecule has 82 valence electrons. The van der Waals surface area contributed by atoms with Gasteiger partial charge in [0.25, 0.3) is 0 Å². The van der Waals surface area contributed by atoms with Crippen molar-refractivity contribution in [3.8, 4) is 0 Å². The summed E-state index contributed by atoms with van der Waals surface area (Å²) >= 11 is 7.35. The lowest BCUT2D eigenvalue weighted by atomic mass is 10.0. The van der Waals surface area contributed by atoms with E-state index in [1.807, 2.05) is 11.8 Å². The highest BCUT2D eigenvalue weighted by molar-refractivity contribution is 7.99. The topological polar surface area (TPSA) is 29.1 Å². The molecule has 0 heterocycles. The Morgan fingerprint density at radius 3 is 2.71 bits per heavy atom. The zero-order valence-electron chi connectivity index (χ0n) is 8.43. The van der Waals surface area contributed by atoms with Gasteiger partial charge in [-0.2, -0.15) is 11.8 Å². The molecule has 0 radical (unpaired) electrons. The Kier molecular flexibility index (Phi) is 6.45. The molecule has 1 aliphatic rings. The van der Waals surface area contributed by atoms with E-state index >= 15 is 0 Å². The number of carbonyl (C=O) groups excluding carboxylic acids is 1. The van der Waals surface area contributed by atoms with Crippen molar-refractivity contribution >= 4 is 29.3 Å². The molecule has 0 saturated heterocycles. The Morgan fingerprint density at radius 1 is 1.36 bits per heavy atom. The summed E-state index contributed by atoms with van der Waals surface area (Å²) in [6.07, 6.45) is 6.87. The first-order valence-corrected chi connectivity index (χ1v) is 6.85. The van der Waals surface area contributed by atoms with Crippen LogP contribution in [0.1, 0.15) is 32.1 Å². The Hall–Kier alpha value is 0.110. The second-order valence-corrected chi connectivity index (χ2v) is 5.29. The molecule has 2 nitrogen and oxygen atoms in total. The van der Waals surface area contributed by atoms with Gasteiger partial charge in [0, 0.05) is 17.5 Å². The van der Waals surface area contributed by atoms with Crippen LogP contribution < -0.4 is 5.32 Å². The molecule has 1 N–H and O–H groups in total. The van der Waals surface area contributed by atoms with Crippen LogP contribution in [0, 0.1) is 0 Å². The van der Waals surface area contributed by atoms with Crippen LogP contribution in [0.4, 0.5) is 0 Å². The van der Waals surface area contributed by atoms with Crippen LogP contribution in [0.25, 0.3) is 0 Å². The van der Waals surface area contributed by atoms with Gasteiger partial charge >= 0.3 is 0 Å². The van der Waals surface area contributed by atoms with E-state index in [0.717, 1.165) is 17.5 Å². The summed E-state index contributed by atoms with van der Waals surface area (Å²) in [6, 6.07) is 0. The molecule has 1 amide bonds. The van der Waals surface area contributed by atoms with E-state index in [-0.39, 0.29) is 11.8 Å². The smallest absolute Gasteiger partial charge is 0.234 e. The minimum atomic E-state index is -0.0593. The van der Waals surface area contributed by atoms with E-state index in [0.29, 0.717) is 0 Å². The summed E-state index contributed by atoms with van der Waals surface area (Å²) in [5.74, 6) is 1.04. The van der Waals surface area contributed by atoms with E-state index in [4.69, 9.17) is 11.6 Å². The van der Waals surface area contributed by atoms with Gasteiger partial charge in [0.1, 0.15) is 5.88 Å². The third-order valence-electron chi connectivity index (χ3n) is 2.45. The van der Waals surface area contributed by atoms with Crippen LogP contribution in [0.3, 0.4) is 0 Å². The Bertz CT molecular complexity index is 172. The van der Waals surface area contributed by atoms with Crippen LogP contribution in [0.15, 0.2) is 0 Å². The summed E-state index contributed by atoms with van der Waals surface area (Å²) in [5.41, 5.74) is 0. The fourth-order valence-corrected chi connectivity index (χ4v) is 3.01. The molecule has 4 heteroatoms. The third kappa shape index (κ3) is 5.11. The summed E-state index contributed by atoms with van der Waals surface area (Å²) < 4.78 is 0. The molecule has 1 rings (SSSR count). The molecular weight excluding hydrogens is 218 g/mol. The molecule has 0 bridgehead atoms. The van der Waals surface area contributed by atoms with Crippen LogP contribution in [0.5, 0.6) is 0 Å². The normalized spacial score (nSPS) is 18.1. The van der Waals surface area contributed by atoms with Crippen LogP contribution in [0.2, 0.25) is 0 Å². The number of rotatable bonds is 5. The Balaban J connectivity index is 1.94. The van der Waals surface area contributed by atoms with E-state index < -0.39 is 0 Å². The molecule has 14 heavy (non-hydrogen) atoms. The maximum Gasteiger partial charge on any atom is 0.234 e. The Morgan fingerprint density at radius 2 is 2.07 bits per heavy atom. The van der Waals surface area contributed by atoms with Gasteiger partial charge in [-0.3, -0.25) is 4.79 Å². The lowest BCUT2D eigenvalue weighted by molar-refractivity contribution is -0.118. The zero-order chi connectivity index (χ0) is 10.2. The molecule has 0 atom stereocenters. The third-order valence-corrected chi connectivity index (χ3v) is 4.08. The van der Waals surface area contributed by atoms with Gasteiger partial charge in [-0.25, -0.2) is 0 Å². The van der Waals surface area contributed by atoms with Crippen molar-refractivity contribution in [2.45, 2.75) is 37.4 Å². The van der Waals surface area contributed by atoms with Crippen molar-refractivity contribution in [3.05, 3.63) is 0 Å². The largest absolute Gasteiger partial charge is 0.354 e. The number of halogens is 1. The maximum atomic E-state index is 10.8.